The number of ether oxygens (including phenoxy) is 1. The van der Waals surface area contributed by atoms with Gasteiger partial charge < -0.3 is 14.0 Å². The van der Waals surface area contributed by atoms with Crippen LogP contribution in [0.2, 0.25) is 0 Å². The lowest BCUT2D eigenvalue weighted by Gasteiger charge is -2.21. The first-order valence-corrected chi connectivity index (χ1v) is 14.5. The molecule has 0 N–H and O–H groups in total. The van der Waals surface area contributed by atoms with Gasteiger partial charge in [-0.15, -0.1) is 0 Å². The van der Waals surface area contributed by atoms with E-state index in [9.17, 15) is 4.79 Å². The highest BCUT2D eigenvalue weighted by Gasteiger charge is 2.24. The Kier molecular flexibility index (Phi) is 10.7. The van der Waals surface area contributed by atoms with Gasteiger partial charge in [-0.2, -0.15) is 0 Å². The zero-order chi connectivity index (χ0) is 24.7. The number of aromatic nitrogens is 1. The van der Waals surface area contributed by atoms with Crippen LogP contribution in [-0.2, 0) is 6.42 Å². The molecule has 0 bridgehead atoms. The van der Waals surface area contributed by atoms with E-state index in [0.29, 0.717) is 17.9 Å². The van der Waals surface area contributed by atoms with Gasteiger partial charge in [0, 0.05) is 22.8 Å². The first kappa shape index (κ1) is 27.4. The molecule has 3 rings (SSSR count). The van der Waals surface area contributed by atoms with E-state index in [4.69, 9.17) is 4.74 Å². The Hall–Kier alpha value is -1.15. The average Bonchev–Trinajstić information content (AvgIpc) is 3.09. The van der Waals surface area contributed by atoms with Crippen molar-refractivity contribution in [2.24, 2.45) is 0 Å². The Bertz CT molecular complexity index is 1100. The van der Waals surface area contributed by atoms with Crippen LogP contribution in [0.3, 0.4) is 0 Å². The van der Waals surface area contributed by atoms with E-state index in [1.54, 1.807) is 0 Å². The smallest absolute Gasteiger partial charge is 0.210 e. The molecule has 7 heteroatoms. The third-order valence-electron chi connectivity index (χ3n) is 5.80. The number of halogens is 3. The fourth-order valence-corrected chi connectivity index (χ4v) is 6.47. The molecular formula is C27H33Br3N2O2. The highest BCUT2D eigenvalue weighted by Crippen LogP contribution is 2.37. The second-order valence-corrected chi connectivity index (χ2v) is 11.0. The number of hydrogen-bond donors (Lipinski definition) is 0. The molecule has 1 aromatic carbocycles. The molecule has 0 aliphatic carbocycles. The fraction of sp³-hybridized carbons (Fsp3) is 0.444. The van der Waals surface area contributed by atoms with Crippen LogP contribution in [0.5, 0.6) is 5.75 Å². The lowest BCUT2D eigenvalue weighted by Crippen LogP contribution is -2.27. The van der Waals surface area contributed by atoms with Crippen LogP contribution in [0.25, 0.3) is 5.52 Å². The van der Waals surface area contributed by atoms with E-state index in [1.807, 2.05) is 40.9 Å². The van der Waals surface area contributed by atoms with E-state index in [0.717, 1.165) is 69.1 Å². The Morgan fingerprint density at radius 3 is 2.26 bits per heavy atom. The number of rotatable bonds is 13. The molecule has 3 aromatic rings. The van der Waals surface area contributed by atoms with Gasteiger partial charge in [-0.3, -0.25) is 4.79 Å². The quantitative estimate of drug-likeness (QED) is 0.137. The van der Waals surface area contributed by atoms with Gasteiger partial charge in [-0.05, 0) is 116 Å². The number of hydrogen-bond acceptors (Lipinski definition) is 3. The van der Waals surface area contributed by atoms with Crippen molar-refractivity contribution < 1.29 is 9.53 Å². The molecule has 0 amide bonds. The summed E-state index contributed by atoms with van der Waals surface area (Å²) in [5.41, 5.74) is 3.39. The third-order valence-corrected chi connectivity index (χ3v) is 7.86. The van der Waals surface area contributed by atoms with Gasteiger partial charge in [0.15, 0.2) is 0 Å². The Labute approximate surface area is 228 Å². The predicted molar refractivity (Wildman–Crippen MR) is 152 cm³/mol. The standard InChI is InChI=1S/C27H33Br3N2O2/c1-4-10-20-24(30)23-11-7-8-15-32(23)25(20)26(33)19-17-21(28)27(22(29)18-19)34-16-9-14-31(12-5-2)13-6-3/h7-8,11,15,17-18H,4-6,9-10,12-14,16H2,1-3H3. The van der Waals surface area contributed by atoms with Gasteiger partial charge >= 0.3 is 0 Å². The highest BCUT2D eigenvalue weighted by atomic mass is 79.9. The van der Waals surface area contributed by atoms with Crippen LogP contribution < -0.4 is 4.74 Å². The lowest BCUT2D eigenvalue weighted by atomic mass is 10.0. The Morgan fingerprint density at radius 2 is 1.65 bits per heavy atom. The van der Waals surface area contributed by atoms with E-state index in [1.165, 1.54) is 12.8 Å². The molecule has 0 spiro atoms. The maximum absolute atomic E-state index is 13.7. The van der Waals surface area contributed by atoms with Crippen LogP contribution in [0, 0.1) is 0 Å². The van der Waals surface area contributed by atoms with Crippen molar-refractivity contribution in [1.82, 2.24) is 9.30 Å². The second-order valence-electron chi connectivity index (χ2n) is 8.49. The number of fused-ring (bicyclic) bond motifs is 1. The maximum atomic E-state index is 13.7. The summed E-state index contributed by atoms with van der Waals surface area (Å²) in [6.07, 6.45) is 7.05. The van der Waals surface area contributed by atoms with Crippen LogP contribution >= 0.6 is 47.8 Å². The van der Waals surface area contributed by atoms with Crippen molar-refractivity contribution in [3.8, 4) is 5.75 Å². The minimum atomic E-state index is -0.00178. The van der Waals surface area contributed by atoms with Crippen molar-refractivity contribution in [1.29, 1.82) is 0 Å². The molecule has 0 atom stereocenters. The van der Waals surface area contributed by atoms with Crippen molar-refractivity contribution in [2.45, 2.75) is 52.9 Å². The molecule has 0 aliphatic rings. The summed E-state index contributed by atoms with van der Waals surface area (Å²) in [6, 6.07) is 9.72. The molecule has 2 aromatic heterocycles. The molecule has 2 heterocycles. The van der Waals surface area contributed by atoms with Crippen LogP contribution in [0.15, 0.2) is 49.9 Å². The number of ketones is 1. The van der Waals surface area contributed by atoms with Crippen molar-refractivity contribution in [3.63, 3.8) is 0 Å². The minimum Gasteiger partial charge on any atom is -0.491 e. The lowest BCUT2D eigenvalue weighted by molar-refractivity contribution is 0.103. The zero-order valence-corrected chi connectivity index (χ0v) is 24.9. The van der Waals surface area contributed by atoms with Crippen molar-refractivity contribution in [2.75, 3.05) is 26.2 Å². The molecule has 0 aliphatic heterocycles. The Morgan fingerprint density at radius 1 is 0.971 bits per heavy atom. The average molecular weight is 657 g/mol. The highest BCUT2D eigenvalue weighted by molar-refractivity contribution is 9.11. The summed E-state index contributed by atoms with van der Waals surface area (Å²) < 4.78 is 10.6. The van der Waals surface area contributed by atoms with Gasteiger partial charge in [0.05, 0.1) is 26.8 Å². The predicted octanol–water partition coefficient (Wildman–Crippen LogP) is 8.30. The minimum absolute atomic E-state index is 0.00178. The van der Waals surface area contributed by atoms with Gasteiger partial charge in [-0.1, -0.05) is 33.3 Å². The molecule has 0 saturated carbocycles. The monoisotopic (exact) mass is 654 g/mol. The van der Waals surface area contributed by atoms with E-state index < -0.39 is 0 Å². The number of carbonyl (C=O) groups is 1. The first-order chi connectivity index (χ1) is 16.4. The van der Waals surface area contributed by atoms with Crippen molar-refractivity contribution in [3.05, 3.63) is 66.8 Å². The topological polar surface area (TPSA) is 34.0 Å². The molecule has 184 valence electrons. The van der Waals surface area contributed by atoms with E-state index in [2.05, 4.69) is 73.5 Å². The molecule has 0 unspecified atom stereocenters. The largest absolute Gasteiger partial charge is 0.491 e. The van der Waals surface area contributed by atoms with Crippen LogP contribution in [0.1, 0.15) is 68.1 Å². The third kappa shape index (κ3) is 6.34. The molecule has 4 nitrogen and oxygen atoms in total. The second kappa shape index (κ2) is 13.2. The van der Waals surface area contributed by atoms with E-state index >= 15 is 0 Å². The van der Waals surface area contributed by atoms with Crippen LogP contribution in [0.4, 0.5) is 0 Å². The fourth-order valence-electron chi connectivity index (χ4n) is 4.34. The van der Waals surface area contributed by atoms with Crippen molar-refractivity contribution >= 4 is 59.1 Å². The summed E-state index contributed by atoms with van der Waals surface area (Å²) in [6.45, 7) is 10.5. The summed E-state index contributed by atoms with van der Waals surface area (Å²) in [4.78, 5) is 16.2. The SMILES string of the molecule is CCCc1c(Br)c2ccccn2c1C(=O)c1cc(Br)c(OCCCN(CCC)CCC)c(Br)c1. The summed E-state index contributed by atoms with van der Waals surface area (Å²) in [5, 5.41) is 0. The normalized spacial score (nSPS) is 11.5. The van der Waals surface area contributed by atoms with Gasteiger partial charge in [0.1, 0.15) is 5.75 Å². The van der Waals surface area contributed by atoms with E-state index in [-0.39, 0.29) is 5.78 Å². The molecule has 0 fully saturated rings. The molecule has 0 saturated heterocycles. The molecular weight excluding hydrogens is 624 g/mol. The maximum Gasteiger partial charge on any atom is 0.210 e. The Balaban J connectivity index is 1.80. The first-order valence-electron chi connectivity index (χ1n) is 12.1. The van der Waals surface area contributed by atoms with Gasteiger partial charge in [0.25, 0.3) is 0 Å². The number of pyridine rings is 1. The summed E-state index contributed by atoms with van der Waals surface area (Å²) in [7, 11) is 0. The van der Waals surface area contributed by atoms with Crippen LogP contribution in [-0.4, -0.2) is 41.3 Å². The van der Waals surface area contributed by atoms with Gasteiger partial charge in [0.2, 0.25) is 5.78 Å². The molecule has 34 heavy (non-hydrogen) atoms. The summed E-state index contributed by atoms with van der Waals surface area (Å²) >= 11 is 11.0. The summed E-state index contributed by atoms with van der Waals surface area (Å²) in [5.74, 6) is 0.738. The van der Waals surface area contributed by atoms with Gasteiger partial charge in [-0.25, -0.2) is 0 Å². The molecule has 0 radical (unpaired) electrons. The number of benzene rings is 1. The number of nitrogens with zero attached hydrogens (tertiary/aromatic N) is 2. The number of carbonyl (C=O) groups excluding carboxylic acids is 1. The zero-order valence-electron chi connectivity index (χ0n) is 20.2.